The average molecular weight is 271 g/mol. The number of hydrazine groups is 1. The molecule has 0 aliphatic rings. The number of nitrogens with zero attached hydrogens (tertiary/aromatic N) is 5. The van der Waals surface area contributed by atoms with Crippen LogP contribution in [0.1, 0.15) is 5.56 Å². The van der Waals surface area contributed by atoms with Crippen LogP contribution in [0, 0.1) is 0 Å². The summed E-state index contributed by atoms with van der Waals surface area (Å²) in [5, 5.41) is 4.54. The van der Waals surface area contributed by atoms with Crippen molar-refractivity contribution in [3.05, 3.63) is 46.8 Å². The molecule has 3 heterocycles. The van der Waals surface area contributed by atoms with E-state index in [0.717, 1.165) is 5.56 Å². The van der Waals surface area contributed by atoms with E-state index in [1.165, 1.54) is 17.1 Å². The molecule has 3 aromatic heterocycles. The fraction of sp³-hybridized carbons (Fsp3) is 0.167. The van der Waals surface area contributed by atoms with E-state index in [2.05, 4.69) is 20.5 Å². The Kier molecular flexibility index (Phi) is 2.92. The third-order valence-corrected chi connectivity index (χ3v) is 3.04. The molecule has 0 spiro atoms. The molecule has 0 fully saturated rings. The van der Waals surface area contributed by atoms with Gasteiger partial charge in [0.1, 0.15) is 17.5 Å². The Labute approximate surface area is 113 Å². The summed E-state index contributed by atoms with van der Waals surface area (Å²) in [6.45, 7) is 0.397. The van der Waals surface area contributed by atoms with Gasteiger partial charge in [0.25, 0.3) is 5.56 Å². The van der Waals surface area contributed by atoms with Gasteiger partial charge in [0, 0.05) is 13.2 Å². The molecule has 0 aliphatic carbocycles. The van der Waals surface area contributed by atoms with Gasteiger partial charge in [-0.15, -0.1) is 0 Å². The Hall–Kier alpha value is -2.74. The van der Waals surface area contributed by atoms with Crippen molar-refractivity contribution in [3.8, 4) is 0 Å². The zero-order valence-electron chi connectivity index (χ0n) is 10.8. The molecule has 3 N–H and O–H groups in total. The largest absolute Gasteiger partial charge is 0.308 e. The lowest BCUT2D eigenvalue weighted by Gasteiger charge is -2.06. The smallest absolute Gasteiger partial charge is 0.264 e. The van der Waals surface area contributed by atoms with E-state index in [-0.39, 0.29) is 5.56 Å². The van der Waals surface area contributed by atoms with Gasteiger partial charge in [-0.2, -0.15) is 5.10 Å². The number of nitrogens with two attached hydrogens (primary N) is 1. The Morgan fingerprint density at radius 1 is 1.40 bits per heavy atom. The number of nitrogens with one attached hydrogen (secondary N) is 1. The summed E-state index contributed by atoms with van der Waals surface area (Å²) in [6.07, 6.45) is 4.68. The quantitative estimate of drug-likeness (QED) is 0.507. The molecule has 0 aromatic carbocycles. The maximum Gasteiger partial charge on any atom is 0.264 e. The highest BCUT2D eigenvalue weighted by atomic mass is 16.1. The number of fused-ring (bicyclic) bond motifs is 1. The van der Waals surface area contributed by atoms with Gasteiger partial charge in [0.2, 0.25) is 0 Å². The van der Waals surface area contributed by atoms with Crippen LogP contribution in [0.4, 0.5) is 5.82 Å². The average Bonchev–Trinajstić information content (AvgIpc) is 2.84. The lowest BCUT2D eigenvalue weighted by Crippen LogP contribution is -2.21. The molecule has 102 valence electrons. The number of rotatable bonds is 3. The molecule has 0 radical (unpaired) electrons. The fourth-order valence-electron chi connectivity index (χ4n) is 2.03. The standard InChI is InChI=1S/C12H13N7O/c1-18-11-9(5-16-18)12(20)19(7-15-11)6-8-2-3-14-10(4-8)17-13/h2-5,7H,6,13H2,1H3,(H,14,17). The first kappa shape index (κ1) is 12.3. The van der Waals surface area contributed by atoms with E-state index in [4.69, 9.17) is 5.84 Å². The van der Waals surface area contributed by atoms with Crippen LogP contribution in [0.3, 0.4) is 0 Å². The van der Waals surface area contributed by atoms with Gasteiger partial charge in [-0.3, -0.25) is 14.0 Å². The minimum absolute atomic E-state index is 0.123. The molecule has 8 nitrogen and oxygen atoms in total. The summed E-state index contributed by atoms with van der Waals surface area (Å²) in [5.41, 5.74) is 3.83. The molecule has 0 bridgehead atoms. The Bertz CT molecular complexity index is 820. The minimum Gasteiger partial charge on any atom is -0.308 e. The maximum absolute atomic E-state index is 12.3. The molecule has 3 rings (SSSR count). The number of aryl methyl sites for hydroxylation is 1. The van der Waals surface area contributed by atoms with Gasteiger partial charge in [-0.05, 0) is 17.7 Å². The van der Waals surface area contributed by atoms with E-state index in [1.54, 1.807) is 24.0 Å². The van der Waals surface area contributed by atoms with Crippen LogP contribution >= 0.6 is 0 Å². The molecular weight excluding hydrogens is 258 g/mol. The van der Waals surface area contributed by atoms with Crippen LogP contribution in [0.2, 0.25) is 0 Å². The van der Waals surface area contributed by atoms with Crippen molar-refractivity contribution < 1.29 is 0 Å². The van der Waals surface area contributed by atoms with Crippen LogP contribution in [-0.2, 0) is 13.6 Å². The first-order valence-corrected chi connectivity index (χ1v) is 5.98. The number of aromatic nitrogens is 5. The van der Waals surface area contributed by atoms with Crippen LogP contribution in [-0.4, -0.2) is 24.3 Å². The number of nitrogen functional groups attached to an aromatic ring is 1. The van der Waals surface area contributed by atoms with Crippen molar-refractivity contribution in [2.75, 3.05) is 5.43 Å². The molecular formula is C12H13N7O. The molecule has 8 heteroatoms. The van der Waals surface area contributed by atoms with Gasteiger partial charge >= 0.3 is 0 Å². The lowest BCUT2D eigenvalue weighted by atomic mass is 10.2. The van der Waals surface area contributed by atoms with Crippen LogP contribution < -0.4 is 16.8 Å². The molecule has 0 atom stereocenters. The van der Waals surface area contributed by atoms with Crippen molar-refractivity contribution in [3.63, 3.8) is 0 Å². The maximum atomic E-state index is 12.3. The normalized spacial score (nSPS) is 10.9. The van der Waals surface area contributed by atoms with Gasteiger partial charge in [-0.25, -0.2) is 15.8 Å². The van der Waals surface area contributed by atoms with E-state index >= 15 is 0 Å². The molecule has 0 unspecified atom stereocenters. The second kappa shape index (κ2) is 4.74. The van der Waals surface area contributed by atoms with E-state index in [9.17, 15) is 4.79 Å². The van der Waals surface area contributed by atoms with E-state index in [1.807, 2.05) is 6.07 Å². The minimum atomic E-state index is -0.123. The van der Waals surface area contributed by atoms with Crippen molar-refractivity contribution in [2.24, 2.45) is 12.9 Å². The topological polar surface area (TPSA) is 104 Å². The first-order chi connectivity index (χ1) is 9.69. The first-order valence-electron chi connectivity index (χ1n) is 5.98. The van der Waals surface area contributed by atoms with Gasteiger partial charge < -0.3 is 5.43 Å². The van der Waals surface area contributed by atoms with Gasteiger partial charge in [-0.1, -0.05) is 0 Å². The fourth-order valence-corrected chi connectivity index (χ4v) is 2.03. The molecule has 0 aliphatic heterocycles. The Morgan fingerprint density at radius 2 is 2.25 bits per heavy atom. The zero-order chi connectivity index (χ0) is 14.1. The molecule has 3 aromatic rings. The second-order valence-corrected chi connectivity index (χ2v) is 4.38. The monoisotopic (exact) mass is 271 g/mol. The molecule has 0 saturated heterocycles. The van der Waals surface area contributed by atoms with Crippen molar-refractivity contribution in [1.29, 1.82) is 0 Å². The van der Waals surface area contributed by atoms with Gasteiger partial charge in [0.05, 0.1) is 12.7 Å². The third-order valence-electron chi connectivity index (χ3n) is 3.04. The number of anilines is 1. The third kappa shape index (κ3) is 2.01. The van der Waals surface area contributed by atoms with Crippen molar-refractivity contribution in [2.45, 2.75) is 6.54 Å². The number of pyridine rings is 1. The number of hydrogen-bond donors (Lipinski definition) is 2. The summed E-state index contributed by atoms with van der Waals surface area (Å²) in [6, 6.07) is 3.60. The molecule has 0 amide bonds. The summed E-state index contributed by atoms with van der Waals surface area (Å²) in [5.74, 6) is 5.86. The predicted octanol–water partition coefficient (Wildman–Crippen LogP) is -0.141. The SMILES string of the molecule is Cn1ncc2c(=O)n(Cc3ccnc(NN)c3)cnc21. The summed E-state index contributed by atoms with van der Waals surface area (Å²) in [4.78, 5) is 20.6. The van der Waals surface area contributed by atoms with Gasteiger partial charge in [0.15, 0.2) is 5.65 Å². The Balaban J connectivity index is 2.02. The summed E-state index contributed by atoms with van der Waals surface area (Å²) in [7, 11) is 1.75. The van der Waals surface area contributed by atoms with E-state index < -0.39 is 0 Å². The predicted molar refractivity (Wildman–Crippen MR) is 73.9 cm³/mol. The van der Waals surface area contributed by atoms with Crippen LogP contribution in [0.5, 0.6) is 0 Å². The zero-order valence-corrected chi connectivity index (χ0v) is 10.8. The molecule has 0 saturated carbocycles. The number of hydrogen-bond acceptors (Lipinski definition) is 6. The van der Waals surface area contributed by atoms with Crippen molar-refractivity contribution in [1.82, 2.24) is 24.3 Å². The van der Waals surface area contributed by atoms with E-state index in [0.29, 0.717) is 23.4 Å². The second-order valence-electron chi connectivity index (χ2n) is 4.38. The highest BCUT2D eigenvalue weighted by Gasteiger charge is 2.08. The Morgan fingerprint density at radius 3 is 3.05 bits per heavy atom. The lowest BCUT2D eigenvalue weighted by molar-refractivity contribution is 0.737. The van der Waals surface area contributed by atoms with Crippen LogP contribution in [0.15, 0.2) is 35.6 Å². The highest BCUT2D eigenvalue weighted by Crippen LogP contribution is 2.08. The molecule has 20 heavy (non-hydrogen) atoms. The highest BCUT2D eigenvalue weighted by molar-refractivity contribution is 5.72. The summed E-state index contributed by atoms with van der Waals surface area (Å²) >= 11 is 0. The van der Waals surface area contributed by atoms with Crippen molar-refractivity contribution >= 4 is 16.9 Å². The summed E-state index contributed by atoms with van der Waals surface area (Å²) < 4.78 is 3.10. The van der Waals surface area contributed by atoms with Crippen LogP contribution in [0.25, 0.3) is 11.0 Å².